The van der Waals surface area contributed by atoms with Crippen LogP contribution in [0.15, 0.2) is 12.2 Å². The molecule has 2 rings (SSSR count). The molecule has 0 amide bonds. The summed E-state index contributed by atoms with van der Waals surface area (Å²) in [4.78, 5) is 11.4. The van der Waals surface area contributed by atoms with E-state index in [4.69, 9.17) is 4.74 Å². The molecule has 0 saturated heterocycles. The van der Waals surface area contributed by atoms with Crippen molar-refractivity contribution in [3.8, 4) is 0 Å². The first-order valence-corrected chi connectivity index (χ1v) is 7.01. The fraction of sp³-hybridized carbons (Fsp3) is 0.786. The Balaban J connectivity index is 2.18. The Morgan fingerprint density at radius 2 is 1.57 bits per heavy atom. The molecule has 0 aromatic rings. The number of alkyl halides is 6. The first kappa shape index (κ1) is 18.1. The van der Waals surface area contributed by atoms with Crippen molar-refractivity contribution in [2.75, 3.05) is 0 Å². The van der Waals surface area contributed by atoms with Gasteiger partial charge in [0.2, 0.25) is 0 Å². The highest BCUT2D eigenvalue weighted by molar-refractivity contribution is 5.87. The zero-order chi connectivity index (χ0) is 17.8. The SMILES string of the molecule is C=C(C)C(=O)OC1CC2CC1CC2C(O)(C(F)(F)F)C(F)(F)F. The van der Waals surface area contributed by atoms with Crippen LogP contribution in [0.3, 0.4) is 0 Å². The summed E-state index contributed by atoms with van der Waals surface area (Å²) in [6.07, 6.45) is -12.9. The highest BCUT2D eigenvalue weighted by Crippen LogP contribution is 2.60. The van der Waals surface area contributed by atoms with E-state index in [1.54, 1.807) is 0 Å². The van der Waals surface area contributed by atoms with E-state index in [9.17, 15) is 36.2 Å². The van der Waals surface area contributed by atoms with Gasteiger partial charge in [0, 0.05) is 11.5 Å². The van der Waals surface area contributed by atoms with Gasteiger partial charge in [0.1, 0.15) is 6.10 Å². The molecule has 4 unspecified atom stereocenters. The van der Waals surface area contributed by atoms with Gasteiger partial charge in [-0.1, -0.05) is 6.58 Å². The van der Waals surface area contributed by atoms with Gasteiger partial charge in [-0.05, 0) is 38.0 Å². The maximum Gasteiger partial charge on any atom is 0.426 e. The third-order valence-corrected chi connectivity index (χ3v) is 4.80. The zero-order valence-electron chi connectivity index (χ0n) is 12.2. The molecule has 3 nitrogen and oxygen atoms in total. The van der Waals surface area contributed by atoms with Crippen molar-refractivity contribution in [1.29, 1.82) is 0 Å². The van der Waals surface area contributed by atoms with Crippen LogP contribution >= 0.6 is 0 Å². The normalized spacial score (nSPS) is 31.3. The molecule has 2 aliphatic carbocycles. The summed E-state index contributed by atoms with van der Waals surface area (Å²) in [7, 11) is 0. The summed E-state index contributed by atoms with van der Waals surface area (Å²) < 4.78 is 82.6. The Bertz CT molecular complexity index is 496. The van der Waals surface area contributed by atoms with Crippen molar-refractivity contribution in [3.05, 3.63) is 12.2 Å². The summed E-state index contributed by atoms with van der Waals surface area (Å²) >= 11 is 0. The van der Waals surface area contributed by atoms with Crippen molar-refractivity contribution in [1.82, 2.24) is 0 Å². The van der Waals surface area contributed by atoms with Crippen molar-refractivity contribution < 1.29 is 41.0 Å². The van der Waals surface area contributed by atoms with E-state index >= 15 is 0 Å². The molecular formula is C14H16F6O3. The van der Waals surface area contributed by atoms with E-state index in [-0.39, 0.29) is 18.4 Å². The van der Waals surface area contributed by atoms with Gasteiger partial charge in [-0.25, -0.2) is 4.79 Å². The largest absolute Gasteiger partial charge is 0.459 e. The molecule has 23 heavy (non-hydrogen) atoms. The number of halogens is 6. The maximum absolute atomic E-state index is 12.9. The molecule has 0 aliphatic heterocycles. The van der Waals surface area contributed by atoms with E-state index in [1.807, 2.05) is 0 Å². The molecular weight excluding hydrogens is 330 g/mol. The van der Waals surface area contributed by atoms with E-state index in [0.717, 1.165) is 0 Å². The second-order valence-corrected chi connectivity index (χ2v) is 6.32. The van der Waals surface area contributed by atoms with Gasteiger partial charge in [0.15, 0.2) is 0 Å². The monoisotopic (exact) mass is 346 g/mol. The average Bonchev–Trinajstić information content (AvgIpc) is 2.94. The van der Waals surface area contributed by atoms with Gasteiger partial charge >= 0.3 is 18.3 Å². The minimum Gasteiger partial charge on any atom is -0.459 e. The lowest BCUT2D eigenvalue weighted by Crippen LogP contribution is -2.63. The van der Waals surface area contributed by atoms with Crippen molar-refractivity contribution in [3.63, 3.8) is 0 Å². The Morgan fingerprint density at radius 1 is 1.04 bits per heavy atom. The summed E-state index contributed by atoms with van der Waals surface area (Å²) in [5, 5.41) is 9.49. The average molecular weight is 346 g/mol. The molecule has 9 heteroatoms. The number of hydrogen-bond acceptors (Lipinski definition) is 3. The van der Waals surface area contributed by atoms with Crippen LogP contribution in [-0.4, -0.2) is 35.1 Å². The van der Waals surface area contributed by atoms with Gasteiger partial charge in [-0.15, -0.1) is 0 Å². The smallest absolute Gasteiger partial charge is 0.426 e. The summed E-state index contributed by atoms with van der Waals surface area (Å²) in [5.41, 5.74) is -4.63. The quantitative estimate of drug-likeness (QED) is 0.484. The third kappa shape index (κ3) is 2.83. The third-order valence-electron chi connectivity index (χ3n) is 4.80. The van der Waals surface area contributed by atoms with Crippen LogP contribution in [0.2, 0.25) is 0 Å². The number of fused-ring (bicyclic) bond motifs is 2. The number of carbonyl (C=O) groups excluding carboxylic acids is 1. The van der Waals surface area contributed by atoms with Crippen LogP contribution in [0.1, 0.15) is 26.2 Å². The summed E-state index contributed by atoms with van der Waals surface area (Å²) in [6, 6.07) is 0. The topological polar surface area (TPSA) is 46.5 Å². The molecule has 0 heterocycles. The summed E-state index contributed by atoms with van der Waals surface area (Å²) in [5.74, 6) is -4.33. The molecule has 2 bridgehead atoms. The number of aliphatic hydroxyl groups is 1. The molecule has 0 aromatic heterocycles. The minimum absolute atomic E-state index is 0.0628. The van der Waals surface area contributed by atoms with Crippen LogP contribution in [-0.2, 0) is 9.53 Å². The first-order chi connectivity index (χ1) is 10.3. The number of esters is 1. The van der Waals surface area contributed by atoms with Gasteiger partial charge in [0.05, 0.1) is 0 Å². The number of ether oxygens (including phenoxy) is 1. The Kier molecular flexibility index (Phi) is 4.24. The molecule has 0 radical (unpaired) electrons. The van der Waals surface area contributed by atoms with Crippen LogP contribution < -0.4 is 0 Å². The van der Waals surface area contributed by atoms with Crippen LogP contribution in [0.5, 0.6) is 0 Å². The van der Waals surface area contributed by atoms with E-state index in [1.165, 1.54) is 6.92 Å². The number of hydrogen-bond donors (Lipinski definition) is 1. The van der Waals surface area contributed by atoms with Crippen LogP contribution in [0.4, 0.5) is 26.3 Å². The lowest BCUT2D eigenvalue weighted by atomic mass is 9.74. The predicted octanol–water partition coefficient (Wildman–Crippen LogP) is 3.38. The van der Waals surface area contributed by atoms with Crippen molar-refractivity contribution >= 4 is 5.97 Å². The number of carbonyl (C=O) groups is 1. The second kappa shape index (κ2) is 5.39. The zero-order valence-corrected chi connectivity index (χ0v) is 12.2. The van der Waals surface area contributed by atoms with E-state index in [0.29, 0.717) is 0 Å². The molecule has 2 saturated carbocycles. The maximum atomic E-state index is 12.9. The Morgan fingerprint density at radius 3 is 1.91 bits per heavy atom. The standard InChI is InChI=1S/C14H16F6O3/c1-6(2)11(21)23-10-5-7-3-8(10)4-9(7)12(22,13(15,16)17)14(18,19)20/h7-10,22H,1,3-5H2,2H3. The predicted molar refractivity (Wildman–Crippen MR) is 66.1 cm³/mol. The molecule has 0 spiro atoms. The highest BCUT2D eigenvalue weighted by Gasteiger charge is 2.76. The van der Waals surface area contributed by atoms with Gasteiger partial charge in [-0.3, -0.25) is 0 Å². The molecule has 0 aromatic carbocycles. The lowest BCUT2D eigenvalue weighted by Gasteiger charge is -2.41. The fourth-order valence-corrected chi connectivity index (χ4v) is 3.70. The van der Waals surface area contributed by atoms with Crippen molar-refractivity contribution in [2.24, 2.45) is 17.8 Å². The minimum atomic E-state index is -5.82. The first-order valence-electron chi connectivity index (χ1n) is 7.01. The molecule has 1 N–H and O–H groups in total. The highest BCUT2D eigenvalue weighted by atomic mass is 19.4. The van der Waals surface area contributed by atoms with Crippen LogP contribution in [0.25, 0.3) is 0 Å². The van der Waals surface area contributed by atoms with Crippen LogP contribution in [0, 0.1) is 17.8 Å². The summed E-state index contributed by atoms with van der Waals surface area (Å²) in [6.45, 7) is 4.76. The van der Waals surface area contributed by atoms with E-state index in [2.05, 4.69) is 6.58 Å². The van der Waals surface area contributed by atoms with E-state index < -0.39 is 54.2 Å². The van der Waals surface area contributed by atoms with Crippen molar-refractivity contribution in [2.45, 2.75) is 50.2 Å². The fourth-order valence-electron chi connectivity index (χ4n) is 3.70. The van der Waals surface area contributed by atoms with Gasteiger partial charge < -0.3 is 9.84 Å². The van der Waals surface area contributed by atoms with Gasteiger partial charge in [-0.2, -0.15) is 26.3 Å². The Hall–Kier alpha value is -1.25. The Labute approximate surface area is 128 Å². The second-order valence-electron chi connectivity index (χ2n) is 6.32. The number of rotatable bonds is 3. The molecule has 2 aliphatic rings. The lowest BCUT2D eigenvalue weighted by molar-refractivity contribution is -0.389. The molecule has 132 valence electrons. The molecule has 4 atom stereocenters. The van der Waals surface area contributed by atoms with Gasteiger partial charge in [0.25, 0.3) is 5.60 Å². The molecule has 2 fully saturated rings.